The second kappa shape index (κ2) is 11.4. The normalized spacial score (nSPS) is 16.8. The van der Waals surface area contributed by atoms with E-state index in [1.165, 1.54) is 30.5 Å². The number of nitro benzene ring substituents is 1. The van der Waals surface area contributed by atoms with Gasteiger partial charge in [-0.25, -0.2) is 12.8 Å². The fraction of sp³-hybridized carbons (Fsp3) is 0.391. The fourth-order valence-electron chi connectivity index (χ4n) is 3.99. The summed E-state index contributed by atoms with van der Waals surface area (Å²) < 4.78 is 42.5. The van der Waals surface area contributed by atoms with Gasteiger partial charge in [0.15, 0.2) is 0 Å². The molecule has 3 rings (SSSR count). The lowest BCUT2D eigenvalue weighted by Crippen LogP contribution is -2.52. The molecule has 1 fully saturated rings. The van der Waals surface area contributed by atoms with Crippen molar-refractivity contribution in [3.05, 3.63) is 64.0 Å². The molecule has 1 N–H and O–H groups in total. The van der Waals surface area contributed by atoms with Gasteiger partial charge in [0.2, 0.25) is 15.9 Å². The molecule has 1 aliphatic rings. The zero-order valence-corrected chi connectivity index (χ0v) is 20.4. The molecule has 0 radical (unpaired) electrons. The molecule has 10 nitrogen and oxygen atoms in total. The number of hydrogen-bond donors (Lipinski definition) is 1. The summed E-state index contributed by atoms with van der Waals surface area (Å²) in [6, 6.07) is 8.32. The minimum atomic E-state index is -4.33. The van der Waals surface area contributed by atoms with E-state index in [0.29, 0.717) is 32.4 Å². The number of anilines is 1. The van der Waals surface area contributed by atoms with Crippen molar-refractivity contribution in [2.75, 3.05) is 25.1 Å². The first-order valence-electron chi connectivity index (χ1n) is 11.3. The number of sulfonamides is 1. The summed E-state index contributed by atoms with van der Waals surface area (Å²) in [5.74, 6) is -0.809. The molecule has 0 aliphatic carbocycles. The van der Waals surface area contributed by atoms with E-state index in [0.717, 1.165) is 16.4 Å². The van der Waals surface area contributed by atoms with Crippen molar-refractivity contribution in [2.45, 2.75) is 44.0 Å². The molecule has 0 spiro atoms. The first-order valence-corrected chi connectivity index (χ1v) is 12.8. The third-order valence-corrected chi connectivity index (χ3v) is 7.82. The van der Waals surface area contributed by atoms with Gasteiger partial charge in [-0.15, -0.1) is 0 Å². The first-order chi connectivity index (χ1) is 16.7. The molecule has 2 aromatic carbocycles. The second-order valence-electron chi connectivity index (χ2n) is 7.97. The predicted octanol–water partition coefficient (Wildman–Crippen LogP) is 3.59. The molecule has 1 unspecified atom stereocenters. The Bertz CT molecular complexity index is 1220. The van der Waals surface area contributed by atoms with Crippen molar-refractivity contribution in [3.8, 4) is 0 Å². The van der Waals surface area contributed by atoms with Crippen molar-refractivity contribution < 1.29 is 22.5 Å². The van der Waals surface area contributed by atoms with Gasteiger partial charge in [-0.3, -0.25) is 20.3 Å². The standard InChI is InChI=1S/C23H28FN5O5S/c1-3-27(4-2)23(30)21-11-7-8-14-28(21)35(33,34)22-15-18(29(31)32)12-13-20(22)26-25-16-17-9-5-6-10-19(17)24/h5-6,9-10,12-13,15-16,21,26H,3-4,7-8,11,14H2,1-2H3. The summed E-state index contributed by atoms with van der Waals surface area (Å²) in [5.41, 5.74) is 2.30. The van der Waals surface area contributed by atoms with Crippen molar-refractivity contribution >= 4 is 33.5 Å². The van der Waals surface area contributed by atoms with E-state index < -0.39 is 32.5 Å². The molecule has 1 amide bonds. The summed E-state index contributed by atoms with van der Waals surface area (Å²) in [6.07, 6.45) is 2.79. The van der Waals surface area contributed by atoms with Crippen LogP contribution < -0.4 is 5.43 Å². The topological polar surface area (TPSA) is 125 Å². The number of nitrogens with one attached hydrogen (secondary N) is 1. The molecule has 2 aromatic rings. The van der Waals surface area contributed by atoms with E-state index in [2.05, 4.69) is 10.5 Å². The molecule has 1 aliphatic heterocycles. The maximum Gasteiger partial charge on any atom is 0.270 e. The lowest BCUT2D eigenvalue weighted by molar-refractivity contribution is -0.385. The summed E-state index contributed by atoms with van der Waals surface area (Å²) in [6.45, 7) is 4.63. The Morgan fingerprint density at radius 1 is 1.26 bits per heavy atom. The van der Waals surface area contributed by atoms with Gasteiger partial charge in [-0.05, 0) is 38.8 Å². The number of benzene rings is 2. The van der Waals surface area contributed by atoms with E-state index in [4.69, 9.17) is 0 Å². The van der Waals surface area contributed by atoms with E-state index in [-0.39, 0.29) is 28.6 Å². The van der Waals surface area contributed by atoms with Crippen LogP contribution in [0.4, 0.5) is 15.8 Å². The summed E-state index contributed by atoms with van der Waals surface area (Å²) in [7, 11) is -4.33. The van der Waals surface area contributed by atoms with Crippen LogP contribution in [0, 0.1) is 15.9 Å². The van der Waals surface area contributed by atoms with Gasteiger partial charge in [-0.1, -0.05) is 24.6 Å². The number of likely N-dealkylation sites (N-methyl/N-ethyl adjacent to an activating group) is 1. The molecule has 188 valence electrons. The lowest BCUT2D eigenvalue weighted by Gasteiger charge is -2.36. The minimum Gasteiger partial charge on any atom is -0.342 e. The van der Waals surface area contributed by atoms with Gasteiger partial charge in [0, 0.05) is 37.3 Å². The van der Waals surface area contributed by atoms with E-state index >= 15 is 0 Å². The van der Waals surface area contributed by atoms with Crippen LogP contribution in [-0.2, 0) is 14.8 Å². The number of nitrogens with zero attached hydrogens (tertiary/aromatic N) is 4. The van der Waals surface area contributed by atoms with Gasteiger partial charge < -0.3 is 4.90 Å². The van der Waals surface area contributed by atoms with Crippen LogP contribution in [-0.4, -0.2) is 60.3 Å². The Kier molecular flexibility index (Phi) is 8.52. The van der Waals surface area contributed by atoms with E-state index in [9.17, 15) is 27.7 Å². The number of halogens is 1. The Balaban J connectivity index is 2.01. The number of rotatable bonds is 9. The average Bonchev–Trinajstić information content (AvgIpc) is 2.85. The predicted molar refractivity (Wildman–Crippen MR) is 130 cm³/mol. The third-order valence-electron chi connectivity index (χ3n) is 5.87. The van der Waals surface area contributed by atoms with Crippen molar-refractivity contribution in [1.29, 1.82) is 0 Å². The van der Waals surface area contributed by atoms with Crippen LogP contribution in [0.2, 0.25) is 0 Å². The van der Waals surface area contributed by atoms with Gasteiger partial charge in [-0.2, -0.15) is 9.41 Å². The highest BCUT2D eigenvalue weighted by molar-refractivity contribution is 7.89. The molecule has 0 aromatic heterocycles. The highest BCUT2D eigenvalue weighted by Crippen LogP contribution is 2.33. The summed E-state index contributed by atoms with van der Waals surface area (Å²) in [4.78, 5) is 25.0. The van der Waals surface area contributed by atoms with Crippen LogP contribution in [0.15, 0.2) is 52.5 Å². The molecular weight excluding hydrogens is 477 g/mol. The monoisotopic (exact) mass is 505 g/mol. The number of carbonyl (C=O) groups excluding carboxylic acids is 1. The number of nitro groups is 1. The SMILES string of the molecule is CCN(CC)C(=O)C1CCCCN1S(=O)(=O)c1cc([N+](=O)[O-])ccc1NN=Cc1ccccc1F. The highest BCUT2D eigenvalue weighted by atomic mass is 32.2. The molecule has 1 atom stereocenters. The maximum absolute atomic E-state index is 13.9. The lowest BCUT2D eigenvalue weighted by atomic mass is 10.0. The van der Waals surface area contributed by atoms with Crippen LogP contribution in [0.25, 0.3) is 0 Å². The molecule has 1 heterocycles. The largest absolute Gasteiger partial charge is 0.342 e. The summed E-state index contributed by atoms with van der Waals surface area (Å²) in [5, 5.41) is 15.3. The Labute approximate surface area is 203 Å². The first kappa shape index (κ1) is 26.2. The highest BCUT2D eigenvalue weighted by Gasteiger charge is 2.40. The smallest absolute Gasteiger partial charge is 0.270 e. The molecule has 12 heteroatoms. The number of hydrazone groups is 1. The third kappa shape index (κ3) is 5.82. The molecule has 1 saturated heterocycles. The summed E-state index contributed by atoms with van der Waals surface area (Å²) >= 11 is 0. The number of piperidine rings is 1. The van der Waals surface area contributed by atoms with Crippen molar-refractivity contribution in [3.63, 3.8) is 0 Å². The van der Waals surface area contributed by atoms with Crippen LogP contribution in [0.1, 0.15) is 38.7 Å². The molecule has 0 bridgehead atoms. The number of non-ortho nitro benzene ring substituents is 1. The Morgan fingerprint density at radius 3 is 2.63 bits per heavy atom. The van der Waals surface area contributed by atoms with Crippen LogP contribution in [0.3, 0.4) is 0 Å². The van der Waals surface area contributed by atoms with Gasteiger partial charge >= 0.3 is 0 Å². The number of carbonyl (C=O) groups is 1. The zero-order chi connectivity index (χ0) is 25.6. The Hall–Kier alpha value is -3.38. The molecule has 0 saturated carbocycles. The quantitative estimate of drug-likeness (QED) is 0.315. The fourth-order valence-corrected chi connectivity index (χ4v) is 5.81. The molecule has 35 heavy (non-hydrogen) atoms. The minimum absolute atomic E-state index is 0.0252. The van der Waals surface area contributed by atoms with Crippen LogP contribution >= 0.6 is 0 Å². The molecular formula is C23H28FN5O5S. The van der Waals surface area contributed by atoms with Crippen LogP contribution in [0.5, 0.6) is 0 Å². The maximum atomic E-state index is 13.9. The van der Waals surface area contributed by atoms with Gasteiger partial charge in [0.25, 0.3) is 5.69 Å². The van der Waals surface area contributed by atoms with E-state index in [1.807, 2.05) is 13.8 Å². The number of amides is 1. The Morgan fingerprint density at radius 2 is 1.97 bits per heavy atom. The van der Waals surface area contributed by atoms with E-state index in [1.54, 1.807) is 11.0 Å². The van der Waals surface area contributed by atoms with Gasteiger partial charge in [0.1, 0.15) is 16.8 Å². The van der Waals surface area contributed by atoms with Gasteiger partial charge in [0.05, 0.1) is 16.8 Å². The zero-order valence-electron chi connectivity index (χ0n) is 19.6. The second-order valence-corrected chi connectivity index (χ2v) is 9.83. The average molecular weight is 506 g/mol. The van der Waals surface area contributed by atoms with Crippen molar-refractivity contribution in [1.82, 2.24) is 9.21 Å². The number of hydrogen-bond acceptors (Lipinski definition) is 7. The van der Waals surface area contributed by atoms with Crippen molar-refractivity contribution in [2.24, 2.45) is 5.10 Å².